The van der Waals surface area contributed by atoms with Crippen LogP contribution in [0.5, 0.6) is 0 Å². The Balaban J connectivity index is 7.83. The molecule has 0 radical (unpaired) electrons. The van der Waals surface area contributed by atoms with E-state index < -0.39 is 211 Å². The lowest BCUT2D eigenvalue weighted by molar-refractivity contribution is -0.144. The zero-order chi connectivity index (χ0) is 93.5. The molecule has 0 bridgehead atoms. The molecule has 53 heteroatoms. The van der Waals surface area contributed by atoms with Gasteiger partial charge in [0.25, 0.3) is 0 Å². The van der Waals surface area contributed by atoms with E-state index in [1.807, 2.05) is 10.6 Å². The predicted octanol–water partition coefficient (Wildman–Crippen LogP) is -10.4. The number of amides is 12. The summed E-state index contributed by atoms with van der Waals surface area (Å²) in [5.41, 5.74) is 44.3. The van der Waals surface area contributed by atoms with Gasteiger partial charge >= 0.3 is 11.9 Å². The highest BCUT2D eigenvalue weighted by Crippen LogP contribution is 2.14. The molecule has 0 aliphatic heterocycles. The molecule has 47 N–H and O–H groups in total. The molecule has 0 saturated carbocycles. The number of carbonyl (C=O) groups is 14. The van der Waals surface area contributed by atoms with E-state index >= 15 is 4.79 Å². The van der Waals surface area contributed by atoms with Crippen LogP contribution in [0.25, 0.3) is 0 Å². The van der Waals surface area contributed by atoms with Gasteiger partial charge in [0.05, 0.1) is 26.1 Å². The Bertz CT molecular complexity index is 3510. The standard InChI is InChI=1S/C71H136N36O17/c1-2-3-4-5-6-7-8-9-10-27-50(109)96-37-51(110)98-41(20-12-29-89-65(74)75)55(115)101-43(22-14-31-91-67(78)79)57(117)103-45(24-16-33-93-69(82)83)59(119)105-47(26-18-35-95-71(86)87)61(121)106-46(25-17-34-94-70(84)85)60(120)104-44(23-15-32-92-68(80)81)58(118)102-42(21-13-30-90-66(76)77)56(116)100-40(19-11-28-88-64(72)73)54(114)97-38-52(111)99-48(36-53(112)113)62(122)107-49(39-108)63(123)124/h40-49,108H,2-39H2,1H3,(H,96,109)(H,97,114)(H,98,110)(H,99,111)(H,100,116)(H,101,115)(H,102,118)(H,103,117)(H,104,120)(H,105,119)(H,106,121)(H,107,122)(H,112,113)(H,123,124)(H4,72,73,88)(H4,74,75,89)(H4,76,77,90)(H4,78,79,91)(H4,80,81,92)(H4,82,83,93)(H4,84,85,94)(H4,86,87,95)/t40-,41-,42-,43-,44-,45-,46-,47-,48-,49-/m0/s1. The quantitative estimate of drug-likeness (QED) is 0.0153. The molecule has 0 heterocycles. The molecule has 10 atom stereocenters. The smallest absolute Gasteiger partial charge is 0.328 e. The van der Waals surface area contributed by atoms with Crippen LogP contribution in [-0.2, 0) is 67.1 Å². The van der Waals surface area contributed by atoms with E-state index in [0.717, 1.165) is 38.5 Å². The van der Waals surface area contributed by atoms with Crippen molar-refractivity contribution in [2.24, 2.45) is 45.9 Å². The van der Waals surface area contributed by atoms with Gasteiger partial charge in [-0.15, -0.1) is 0 Å². The largest absolute Gasteiger partial charge is 0.481 e. The molecule has 702 valence electrons. The number of hydrogen-bond acceptors (Lipinski definition) is 23. The van der Waals surface area contributed by atoms with Crippen molar-refractivity contribution in [1.29, 1.82) is 43.3 Å². The van der Waals surface area contributed by atoms with E-state index in [-0.39, 0.29) is 167 Å². The highest BCUT2D eigenvalue weighted by molar-refractivity contribution is 6.00. The van der Waals surface area contributed by atoms with Gasteiger partial charge in [-0.25, -0.2) is 4.79 Å². The molecule has 0 spiro atoms. The van der Waals surface area contributed by atoms with Gasteiger partial charge in [0.15, 0.2) is 47.7 Å². The predicted molar refractivity (Wildman–Crippen MR) is 457 cm³/mol. The van der Waals surface area contributed by atoms with Crippen LogP contribution in [0.4, 0.5) is 0 Å². The third-order valence-electron chi connectivity index (χ3n) is 18.2. The van der Waals surface area contributed by atoms with Crippen LogP contribution in [0.1, 0.15) is 180 Å². The zero-order valence-electron chi connectivity index (χ0n) is 70.3. The van der Waals surface area contributed by atoms with Crippen LogP contribution in [0, 0.1) is 43.3 Å². The fraction of sp³-hybridized carbons (Fsp3) is 0.690. The summed E-state index contributed by atoms with van der Waals surface area (Å²) in [6.45, 7) is -0.857. The molecule has 0 aromatic rings. The number of aliphatic carboxylic acids is 2. The van der Waals surface area contributed by atoms with Gasteiger partial charge in [-0.2, -0.15) is 0 Å². The summed E-state index contributed by atoms with van der Waals surface area (Å²) in [5.74, 6) is -19.0. The average Bonchev–Trinajstić information content (AvgIpc) is 0.855. The molecular weight excluding hydrogens is 1630 g/mol. The van der Waals surface area contributed by atoms with Gasteiger partial charge in [-0.3, -0.25) is 106 Å². The van der Waals surface area contributed by atoms with E-state index in [0.29, 0.717) is 6.42 Å². The van der Waals surface area contributed by atoms with Gasteiger partial charge in [0, 0.05) is 58.8 Å². The zero-order valence-corrected chi connectivity index (χ0v) is 70.3. The third-order valence-corrected chi connectivity index (χ3v) is 18.2. The van der Waals surface area contributed by atoms with Crippen LogP contribution in [0.3, 0.4) is 0 Å². The van der Waals surface area contributed by atoms with E-state index in [1.165, 1.54) is 12.8 Å². The second-order valence-corrected chi connectivity index (χ2v) is 28.8. The molecular formula is C71H136N36O17. The molecule has 0 rings (SSSR count). The van der Waals surface area contributed by atoms with E-state index in [9.17, 15) is 77.6 Å². The Morgan fingerprint density at radius 3 is 0.694 bits per heavy atom. The summed E-state index contributed by atoms with van der Waals surface area (Å²) in [4.78, 5) is 193. The maximum absolute atomic E-state index is 15.0. The minimum atomic E-state index is -1.94. The summed E-state index contributed by atoms with van der Waals surface area (Å²) in [6, 6.07) is -16.6. The molecule has 0 saturated heterocycles. The number of aliphatic hydroxyl groups excluding tert-OH is 1. The highest BCUT2D eigenvalue weighted by Gasteiger charge is 2.36. The Kier molecular flexibility index (Phi) is 58.5. The molecule has 12 amide bonds. The minimum absolute atomic E-state index is 0.00479. The summed E-state index contributed by atoms with van der Waals surface area (Å²) >= 11 is 0. The fourth-order valence-corrected chi connectivity index (χ4v) is 11.8. The highest BCUT2D eigenvalue weighted by atomic mass is 16.4. The molecule has 0 aromatic heterocycles. The number of nitrogens with two attached hydrogens (primary N) is 8. The van der Waals surface area contributed by atoms with Crippen molar-refractivity contribution in [2.75, 3.05) is 72.1 Å². The number of aliphatic hydroxyl groups is 1. The topological polar surface area (TPSA) is 939 Å². The first-order valence-electron chi connectivity index (χ1n) is 40.9. The Morgan fingerprint density at radius 2 is 0.460 bits per heavy atom. The first-order valence-corrected chi connectivity index (χ1v) is 40.9. The lowest BCUT2D eigenvalue weighted by Crippen LogP contribution is -2.60. The lowest BCUT2D eigenvalue weighted by atomic mass is 10.0. The van der Waals surface area contributed by atoms with Crippen molar-refractivity contribution in [3.63, 3.8) is 0 Å². The lowest BCUT2D eigenvalue weighted by Gasteiger charge is -2.28. The van der Waals surface area contributed by atoms with Gasteiger partial charge in [0.2, 0.25) is 70.9 Å². The summed E-state index contributed by atoms with van der Waals surface area (Å²) in [7, 11) is 0. The summed E-state index contributed by atoms with van der Waals surface area (Å²) < 4.78 is 0. The molecule has 0 unspecified atom stereocenters. The van der Waals surface area contributed by atoms with Crippen molar-refractivity contribution in [3.05, 3.63) is 0 Å². The van der Waals surface area contributed by atoms with Gasteiger partial charge < -0.3 is 168 Å². The molecule has 0 fully saturated rings. The maximum Gasteiger partial charge on any atom is 0.328 e. The van der Waals surface area contributed by atoms with Crippen molar-refractivity contribution >= 4 is 131 Å². The van der Waals surface area contributed by atoms with Crippen molar-refractivity contribution in [3.8, 4) is 0 Å². The molecule has 0 aliphatic carbocycles. The van der Waals surface area contributed by atoms with Gasteiger partial charge in [-0.1, -0.05) is 58.3 Å². The number of carboxylic acids is 2. The number of carbonyl (C=O) groups excluding carboxylic acids is 12. The molecule has 124 heavy (non-hydrogen) atoms. The first kappa shape index (κ1) is 111. The van der Waals surface area contributed by atoms with E-state index in [1.54, 1.807) is 0 Å². The van der Waals surface area contributed by atoms with E-state index in [4.69, 9.17) is 89.1 Å². The maximum atomic E-state index is 15.0. The normalized spacial score (nSPS) is 13.1. The number of carboxylic acid groups (broad SMARTS) is 2. The van der Waals surface area contributed by atoms with Crippen LogP contribution in [0.2, 0.25) is 0 Å². The number of rotatable bonds is 69. The van der Waals surface area contributed by atoms with Crippen molar-refractivity contribution in [1.82, 2.24) is 106 Å². The fourth-order valence-electron chi connectivity index (χ4n) is 11.8. The second-order valence-electron chi connectivity index (χ2n) is 28.8. The number of nitrogens with one attached hydrogen (secondary N) is 28. The molecule has 0 aromatic carbocycles. The Morgan fingerprint density at radius 1 is 0.250 bits per heavy atom. The number of hydrogen-bond donors (Lipinski definition) is 39. The van der Waals surface area contributed by atoms with Crippen LogP contribution < -0.4 is 152 Å². The Hall–Kier alpha value is -13.3. The SMILES string of the molecule is CCCCCCCCCCCC(=O)NCC(=O)N[C@@H](CCCNC(=N)N)C(=O)N[C@@H](CCCNC(=N)N)C(=O)N[C@@H](CCCNC(=N)N)C(=O)N[C@@H](CCCNC(=N)N)C(=O)N[C@@H](CCCNC(=N)N)C(=O)N[C@@H](CCCNC(=N)N)C(=O)N[C@@H](CCCNC(=N)N)C(=O)N[C@@H](CCCNC(=N)N)C(=O)NCC(=O)N[C@@H](CC(=O)O)C(=O)N[C@@H](CO)C(=O)O. The summed E-state index contributed by atoms with van der Waals surface area (Å²) in [5, 5.41) is 140. The van der Waals surface area contributed by atoms with Crippen molar-refractivity contribution < 1.29 is 82.4 Å². The van der Waals surface area contributed by atoms with Crippen LogP contribution in [0.15, 0.2) is 0 Å². The molecule has 53 nitrogen and oxygen atoms in total. The number of unbranched alkanes of at least 4 members (excludes halogenated alkanes) is 8. The average molecular weight is 1770 g/mol. The number of guanidine groups is 8. The van der Waals surface area contributed by atoms with Gasteiger partial charge in [-0.05, 0) is 109 Å². The minimum Gasteiger partial charge on any atom is -0.481 e. The monoisotopic (exact) mass is 1770 g/mol. The van der Waals surface area contributed by atoms with Crippen LogP contribution in [-0.4, -0.2) is 278 Å². The second kappa shape index (κ2) is 65.5. The summed E-state index contributed by atoms with van der Waals surface area (Å²) in [6.07, 6.45) is 6.11. The van der Waals surface area contributed by atoms with Gasteiger partial charge in [0.1, 0.15) is 60.4 Å². The first-order chi connectivity index (χ1) is 58.7. The third kappa shape index (κ3) is 56.3. The van der Waals surface area contributed by atoms with Crippen LogP contribution >= 0.6 is 0 Å². The molecule has 0 aliphatic rings. The van der Waals surface area contributed by atoms with E-state index in [2.05, 4.69) is 103 Å². The Labute approximate surface area is 718 Å². The van der Waals surface area contributed by atoms with Crippen molar-refractivity contribution in [2.45, 2.75) is 241 Å².